The Balaban J connectivity index is 3.98. The van der Waals surface area contributed by atoms with Gasteiger partial charge < -0.3 is 9.80 Å². The van der Waals surface area contributed by atoms with Crippen molar-refractivity contribution in [2.75, 3.05) is 39.3 Å². The first-order chi connectivity index (χ1) is 7.99. The van der Waals surface area contributed by atoms with Gasteiger partial charge in [-0.1, -0.05) is 41.5 Å². The third-order valence-corrected chi connectivity index (χ3v) is 2.97. The number of rotatable bonds is 10. The van der Waals surface area contributed by atoms with E-state index < -0.39 is 0 Å². The van der Waals surface area contributed by atoms with Crippen LogP contribution in [0, 0.1) is 11.8 Å². The third kappa shape index (κ3) is 9.61. The zero-order valence-corrected chi connectivity index (χ0v) is 13.0. The Hall–Kier alpha value is -0.0800. The van der Waals surface area contributed by atoms with Crippen LogP contribution in [-0.4, -0.2) is 49.1 Å². The molecule has 0 amide bonds. The first kappa shape index (κ1) is 16.9. The van der Waals surface area contributed by atoms with Crippen LogP contribution in [0.1, 0.15) is 48.0 Å². The summed E-state index contributed by atoms with van der Waals surface area (Å²) < 4.78 is 0. The van der Waals surface area contributed by atoms with Gasteiger partial charge in [0.25, 0.3) is 0 Å². The quantitative estimate of drug-likeness (QED) is 0.580. The van der Waals surface area contributed by atoms with E-state index in [1.165, 1.54) is 45.7 Å². The molecular weight excluding hydrogens is 208 g/mol. The first-order valence-corrected chi connectivity index (χ1v) is 7.44. The molecule has 0 atom stereocenters. The van der Waals surface area contributed by atoms with Crippen LogP contribution in [0.3, 0.4) is 0 Å². The summed E-state index contributed by atoms with van der Waals surface area (Å²) in [5, 5.41) is 0. The van der Waals surface area contributed by atoms with Crippen molar-refractivity contribution in [3.8, 4) is 0 Å². The van der Waals surface area contributed by atoms with E-state index in [-0.39, 0.29) is 0 Å². The van der Waals surface area contributed by atoms with Crippen molar-refractivity contribution in [2.45, 2.75) is 48.0 Å². The van der Waals surface area contributed by atoms with Crippen LogP contribution in [0.5, 0.6) is 0 Å². The second-order valence-electron chi connectivity index (χ2n) is 5.98. The van der Waals surface area contributed by atoms with Gasteiger partial charge in [-0.15, -0.1) is 0 Å². The highest BCUT2D eigenvalue weighted by Crippen LogP contribution is 2.02. The number of nitrogens with zero attached hydrogens (tertiary/aromatic N) is 2. The molecule has 2 heteroatoms. The molecule has 0 aromatic carbocycles. The van der Waals surface area contributed by atoms with E-state index in [2.05, 4.69) is 51.3 Å². The number of hydrogen-bond acceptors (Lipinski definition) is 2. The number of likely N-dealkylation sites (N-methyl/N-ethyl adjacent to an activating group) is 1. The van der Waals surface area contributed by atoms with E-state index >= 15 is 0 Å². The molecule has 0 unspecified atom stereocenters. The standard InChI is InChI=1S/C15H34N2/c1-7-9-17(13-15(5)6)11-10-16(8-2)12-14(3)4/h14-15H,7-13H2,1-6H3. The van der Waals surface area contributed by atoms with E-state index in [0.29, 0.717) is 0 Å². The maximum Gasteiger partial charge on any atom is 0.0109 e. The Morgan fingerprint density at radius 1 is 0.706 bits per heavy atom. The molecule has 0 aromatic heterocycles. The zero-order chi connectivity index (χ0) is 13.3. The van der Waals surface area contributed by atoms with Crippen molar-refractivity contribution in [3.05, 3.63) is 0 Å². The summed E-state index contributed by atoms with van der Waals surface area (Å²) in [6.45, 7) is 21.1. The predicted molar refractivity (Wildman–Crippen MR) is 78.5 cm³/mol. The van der Waals surface area contributed by atoms with Gasteiger partial charge in [-0.3, -0.25) is 0 Å². The average Bonchev–Trinajstić information content (AvgIpc) is 2.22. The Morgan fingerprint density at radius 2 is 1.18 bits per heavy atom. The van der Waals surface area contributed by atoms with Gasteiger partial charge in [0.1, 0.15) is 0 Å². The fourth-order valence-corrected chi connectivity index (χ4v) is 2.30. The van der Waals surface area contributed by atoms with Gasteiger partial charge in [-0.05, 0) is 31.3 Å². The van der Waals surface area contributed by atoms with E-state index in [4.69, 9.17) is 0 Å². The summed E-state index contributed by atoms with van der Waals surface area (Å²) in [6.07, 6.45) is 1.27. The lowest BCUT2D eigenvalue weighted by atomic mass is 10.2. The van der Waals surface area contributed by atoms with Gasteiger partial charge in [-0.2, -0.15) is 0 Å². The summed E-state index contributed by atoms with van der Waals surface area (Å²) >= 11 is 0. The molecule has 17 heavy (non-hydrogen) atoms. The minimum atomic E-state index is 0.777. The van der Waals surface area contributed by atoms with Crippen LogP contribution >= 0.6 is 0 Å². The summed E-state index contributed by atoms with van der Waals surface area (Å²) in [7, 11) is 0. The van der Waals surface area contributed by atoms with E-state index in [1.807, 2.05) is 0 Å². The average molecular weight is 242 g/mol. The van der Waals surface area contributed by atoms with Crippen LogP contribution in [0.2, 0.25) is 0 Å². The van der Waals surface area contributed by atoms with Crippen molar-refractivity contribution in [3.63, 3.8) is 0 Å². The zero-order valence-electron chi connectivity index (χ0n) is 13.0. The lowest BCUT2D eigenvalue weighted by Gasteiger charge is -2.28. The van der Waals surface area contributed by atoms with Crippen LogP contribution in [0.15, 0.2) is 0 Å². The minimum absolute atomic E-state index is 0.777. The molecule has 0 rings (SSSR count). The molecular formula is C15H34N2. The highest BCUT2D eigenvalue weighted by molar-refractivity contribution is 4.65. The van der Waals surface area contributed by atoms with Gasteiger partial charge in [0, 0.05) is 26.2 Å². The molecule has 0 radical (unpaired) electrons. The maximum absolute atomic E-state index is 2.62. The number of hydrogen-bond donors (Lipinski definition) is 0. The summed E-state index contributed by atoms with van der Waals surface area (Å²) in [5.41, 5.74) is 0. The maximum atomic E-state index is 2.62. The summed E-state index contributed by atoms with van der Waals surface area (Å²) in [4.78, 5) is 5.20. The van der Waals surface area contributed by atoms with E-state index in [9.17, 15) is 0 Å². The Bertz CT molecular complexity index is 166. The van der Waals surface area contributed by atoms with Crippen molar-refractivity contribution >= 4 is 0 Å². The molecule has 0 aliphatic carbocycles. The molecule has 0 aromatic rings. The second kappa shape index (κ2) is 9.90. The van der Waals surface area contributed by atoms with Crippen LogP contribution in [0.4, 0.5) is 0 Å². The van der Waals surface area contributed by atoms with Gasteiger partial charge in [0.15, 0.2) is 0 Å². The highest BCUT2D eigenvalue weighted by atomic mass is 15.2. The lowest BCUT2D eigenvalue weighted by Crippen LogP contribution is -2.38. The minimum Gasteiger partial charge on any atom is -0.302 e. The van der Waals surface area contributed by atoms with Crippen molar-refractivity contribution in [2.24, 2.45) is 11.8 Å². The SMILES string of the molecule is CCCN(CCN(CC)CC(C)C)CC(C)C. The van der Waals surface area contributed by atoms with Crippen molar-refractivity contribution < 1.29 is 0 Å². The second-order valence-corrected chi connectivity index (χ2v) is 5.98. The van der Waals surface area contributed by atoms with E-state index in [1.54, 1.807) is 0 Å². The van der Waals surface area contributed by atoms with Gasteiger partial charge in [0.2, 0.25) is 0 Å². The summed E-state index contributed by atoms with van der Waals surface area (Å²) in [5.74, 6) is 1.56. The molecule has 0 aliphatic heterocycles. The topological polar surface area (TPSA) is 6.48 Å². The van der Waals surface area contributed by atoms with Crippen LogP contribution < -0.4 is 0 Å². The monoisotopic (exact) mass is 242 g/mol. The fraction of sp³-hybridized carbons (Fsp3) is 1.00. The fourth-order valence-electron chi connectivity index (χ4n) is 2.30. The molecule has 0 bridgehead atoms. The predicted octanol–water partition coefficient (Wildman–Crippen LogP) is 3.33. The molecule has 0 saturated heterocycles. The molecule has 0 fully saturated rings. The third-order valence-electron chi connectivity index (χ3n) is 2.97. The molecule has 0 aliphatic rings. The van der Waals surface area contributed by atoms with Crippen LogP contribution in [0.25, 0.3) is 0 Å². The molecule has 0 N–H and O–H groups in total. The van der Waals surface area contributed by atoms with Gasteiger partial charge in [-0.25, -0.2) is 0 Å². The van der Waals surface area contributed by atoms with Crippen LogP contribution in [-0.2, 0) is 0 Å². The van der Waals surface area contributed by atoms with Crippen molar-refractivity contribution in [1.82, 2.24) is 9.80 Å². The Kier molecular flexibility index (Phi) is 9.85. The molecule has 0 saturated carbocycles. The Labute approximate surface area is 109 Å². The van der Waals surface area contributed by atoms with Gasteiger partial charge >= 0.3 is 0 Å². The Morgan fingerprint density at radius 3 is 1.59 bits per heavy atom. The molecule has 0 spiro atoms. The normalized spacial score (nSPS) is 12.4. The highest BCUT2D eigenvalue weighted by Gasteiger charge is 2.09. The lowest BCUT2D eigenvalue weighted by molar-refractivity contribution is 0.184. The molecule has 2 nitrogen and oxygen atoms in total. The van der Waals surface area contributed by atoms with Crippen molar-refractivity contribution in [1.29, 1.82) is 0 Å². The largest absolute Gasteiger partial charge is 0.302 e. The molecule has 0 heterocycles. The van der Waals surface area contributed by atoms with E-state index in [0.717, 1.165) is 11.8 Å². The first-order valence-electron chi connectivity index (χ1n) is 7.44. The smallest absolute Gasteiger partial charge is 0.0109 e. The van der Waals surface area contributed by atoms with Gasteiger partial charge in [0.05, 0.1) is 0 Å². The summed E-state index contributed by atoms with van der Waals surface area (Å²) in [6, 6.07) is 0. The molecule has 104 valence electrons.